The quantitative estimate of drug-likeness (QED) is 0.716. The van der Waals surface area contributed by atoms with E-state index in [1.165, 1.54) is 5.56 Å². The van der Waals surface area contributed by atoms with Crippen LogP contribution in [0.15, 0.2) is 24.3 Å². The molecule has 0 radical (unpaired) electrons. The van der Waals surface area contributed by atoms with Crippen LogP contribution in [0.25, 0.3) is 0 Å². The largest absolute Gasteiger partial charge is 0.480 e. The van der Waals surface area contributed by atoms with Gasteiger partial charge in [0.1, 0.15) is 6.04 Å². The standard InChI is InChI=1S/C12H16N2O2/c13-10(12(15)16)6-5-8-7-14-11-4-2-1-3-9(8)11/h1-4,8,10,14H,5-7,13H2,(H,15,16)/t8-,10?/m1/s1. The number of para-hydroxylation sites is 1. The Kier molecular flexibility index (Phi) is 3.10. The fourth-order valence-electron chi connectivity index (χ4n) is 2.12. The Bertz CT molecular complexity index is 392. The monoisotopic (exact) mass is 220 g/mol. The lowest BCUT2D eigenvalue weighted by atomic mass is 9.94. The average molecular weight is 220 g/mol. The number of benzene rings is 1. The van der Waals surface area contributed by atoms with Crippen molar-refractivity contribution in [2.45, 2.75) is 24.8 Å². The van der Waals surface area contributed by atoms with Crippen LogP contribution in [0.1, 0.15) is 24.3 Å². The summed E-state index contributed by atoms with van der Waals surface area (Å²) >= 11 is 0. The Labute approximate surface area is 94.5 Å². The van der Waals surface area contributed by atoms with Gasteiger partial charge in [-0.1, -0.05) is 18.2 Å². The number of nitrogens with one attached hydrogen (secondary N) is 1. The van der Waals surface area contributed by atoms with Gasteiger partial charge >= 0.3 is 5.97 Å². The maximum atomic E-state index is 10.6. The fourth-order valence-corrected chi connectivity index (χ4v) is 2.12. The lowest BCUT2D eigenvalue weighted by Gasteiger charge is -2.11. The zero-order chi connectivity index (χ0) is 11.5. The second kappa shape index (κ2) is 4.53. The van der Waals surface area contributed by atoms with Crippen LogP contribution in [-0.2, 0) is 4.79 Å². The van der Waals surface area contributed by atoms with Crippen LogP contribution in [0.2, 0.25) is 0 Å². The molecule has 0 bridgehead atoms. The van der Waals surface area contributed by atoms with Crippen molar-refractivity contribution in [3.05, 3.63) is 29.8 Å². The van der Waals surface area contributed by atoms with Crippen LogP contribution >= 0.6 is 0 Å². The van der Waals surface area contributed by atoms with E-state index in [4.69, 9.17) is 10.8 Å². The fraction of sp³-hybridized carbons (Fsp3) is 0.417. The lowest BCUT2D eigenvalue weighted by Crippen LogP contribution is -2.30. The second-order valence-corrected chi connectivity index (χ2v) is 4.19. The minimum absolute atomic E-state index is 0.390. The number of hydrogen-bond acceptors (Lipinski definition) is 3. The zero-order valence-corrected chi connectivity index (χ0v) is 9.02. The molecule has 1 aliphatic rings. The number of anilines is 1. The molecule has 0 saturated heterocycles. The molecule has 2 rings (SSSR count). The number of fused-ring (bicyclic) bond motifs is 1. The van der Waals surface area contributed by atoms with E-state index in [1.807, 2.05) is 18.2 Å². The molecular weight excluding hydrogens is 204 g/mol. The third-order valence-corrected chi connectivity index (χ3v) is 3.08. The van der Waals surface area contributed by atoms with Crippen molar-refractivity contribution in [1.29, 1.82) is 0 Å². The summed E-state index contributed by atoms with van der Waals surface area (Å²) in [5.74, 6) is -0.527. The van der Waals surface area contributed by atoms with E-state index in [-0.39, 0.29) is 0 Å². The lowest BCUT2D eigenvalue weighted by molar-refractivity contribution is -0.138. The highest BCUT2D eigenvalue weighted by Crippen LogP contribution is 2.33. The highest BCUT2D eigenvalue weighted by atomic mass is 16.4. The highest BCUT2D eigenvalue weighted by molar-refractivity contribution is 5.73. The molecule has 0 saturated carbocycles. The molecule has 0 aromatic heterocycles. The van der Waals surface area contributed by atoms with E-state index in [9.17, 15) is 4.79 Å². The van der Waals surface area contributed by atoms with Crippen molar-refractivity contribution in [2.75, 3.05) is 11.9 Å². The molecule has 16 heavy (non-hydrogen) atoms. The molecule has 0 amide bonds. The molecule has 86 valence electrons. The van der Waals surface area contributed by atoms with Crippen LogP contribution < -0.4 is 11.1 Å². The predicted octanol–water partition coefficient (Wildman–Crippen LogP) is 1.39. The SMILES string of the molecule is NC(CC[C@@H]1CNc2ccccc21)C(=O)O. The van der Waals surface area contributed by atoms with E-state index < -0.39 is 12.0 Å². The van der Waals surface area contributed by atoms with Crippen LogP contribution in [0.5, 0.6) is 0 Å². The summed E-state index contributed by atoms with van der Waals surface area (Å²) in [5.41, 5.74) is 7.94. The number of hydrogen-bond donors (Lipinski definition) is 3. The summed E-state index contributed by atoms with van der Waals surface area (Å²) < 4.78 is 0. The first-order chi connectivity index (χ1) is 7.68. The molecular formula is C12H16N2O2. The molecule has 0 spiro atoms. The molecule has 1 aromatic carbocycles. The molecule has 2 atom stereocenters. The number of nitrogens with two attached hydrogens (primary N) is 1. The first kappa shape index (κ1) is 11.0. The normalized spacial score (nSPS) is 19.9. The van der Waals surface area contributed by atoms with Gasteiger partial charge in [-0.15, -0.1) is 0 Å². The van der Waals surface area contributed by atoms with E-state index in [1.54, 1.807) is 0 Å². The number of carboxylic acids is 1. The van der Waals surface area contributed by atoms with Crippen molar-refractivity contribution in [3.63, 3.8) is 0 Å². The third-order valence-electron chi connectivity index (χ3n) is 3.08. The summed E-state index contributed by atoms with van der Waals surface area (Å²) in [4.78, 5) is 10.6. The van der Waals surface area contributed by atoms with Gasteiger partial charge in [-0.3, -0.25) is 4.79 Å². The summed E-state index contributed by atoms with van der Waals surface area (Å²) in [6, 6.07) is 7.40. The molecule has 0 fully saturated rings. The smallest absolute Gasteiger partial charge is 0.320 e. The summed E-state index contributed by atoms with van der Waals surface area (Å²) in [5, 5.41) is 12.0. The summed E-state index contributed by atoms with van der Waals surface area (Å²) in [6.45, 7) is 0.881. The molecule has 1 aliphatic heterocycles. The number of rotatable bonds is 4. The van der Waals surface area contributed by atoms with Crippen molar-refractivity contribution >= 4 is 11.7 Å². The Morgan fingerprint density at radius 1 is 1.56 bits per heavy atom. The van der Waals surface area contributed by atoms with Gasteiger partial charge in [0.15, 0.2) is 0 Å². The van der Waals surface area contributed by atoms with E-state index in [0.717, 1.165) is 18.7 Å². The summed E-state index contributed by atoms with van der Waals surface area (Å²) in [7, 11) is 0. The van der Waals surface area contributed by atoms with Gasteiger partial charge in [0.25, 0.3) is 0 Å². The molecule has 0 aliphatic carbocycles. The van der Waals surface area contributed by atoms with Crippen LogP contribution in [0, 0.1) is 0 Å². The van der Waals surface area contributed by atoms with E-state index in [0.29, 0.717) is 12.3 Å². The Morgan fingerprint density at radius 3 is 3.06 bits per heavy atom. The first-order valence-electron chi connectivity index (χ1n) is 5.49. The molecule has 4 nitrogen and oxygen atoms in total. The predicted molar refractivity (Wildman–Crippen MR) is 62.5 cm³/mol. The van der Waals surface area contributed by atoms with Gasteiger partial charge in [0.05, 0.1) is 0 Å². The molecule has 1 unspecified atom stereocenters. The van der Waals surface area contributed by atoms with Gasteiger partial charge < -0.3 is 16.2 Å². The number of aliphatic carboxylic acids is 1. The first-order valence-corrected chi connectivity index (χ1v) is 5.49. The van der Waals surface area contributed by atoms with Crippen LogP contribution in [0.4, 0.5) is 5.69 Å². The zero-order valence-electron chi connectivity index (χ0n) is 9.02. The van der Waals surface area contributed by atoms with Crippen LogP contribution in [-0.4, -0.2) is 23.7 Å². The van der Waals surface area contributed by atoms with Crippen LogP contribution in [0.3, 0.4) is 0 Å². The van der Waals surface area contributed by atoms with Crippen molar-refractivity contribution in [3.8, 4) is 0 Å². The molecule has 4 heteroatoms. The minimum atomic E-state index is -0.917. The van der Waals surface area contributed by atoms with Gasteiger partial charge in [-0.2, -0.15) is 0 Å². The number of carbonyl (C=O) groups is 1. The molecule has 4 N–H and O–H groups in total. The van der Waals surface area contributed by atoms with Crippen molar-refractivity contribution in [1.82, 2.24) is 0 Å². The maximum absolute atomic E-state index is 10.6. The number of carboxylic acid groups (broad SMARTS) is 1. The second-order valence-electron chi connectivity index (χ2n) is 4.19. The molecule has 1 aromatic rings. The average Bonchev–Trinajstić information content (AvgIpc) is 2.69. The topological polar surface area (TPSA) is 75.3 Å². The summed E-state index contributed by atoms with van der Waals surface area (Å²) in [6.07, 6.45) is 1.34. The van der Waals surface area contributed by atoms with Crippen molar-refractivity contribution in [2.24, 2.45) is 5.73 Å². The van der Waals surface area contributed by atoms with Gasteiger partial charge in [0, 0.05) is 18.2 Å². The Hall–Kier alpha value is -1.55. The molecule has 1 heterocycles. The highest BCUT2D eigenvalue weighted by Gasteiger charge is 2.23. The van der Waals surface area contributed by atoms with E-state index in [2.05, 4.69) is 11.4 Å². The van der Waals surface area contributed by atoms with E-state index >= 15 is 0 Å². The van der Waals surface area contributed by atoms with Gasteiger partial charge in [0.2, 0.25) is 0 Å². The Morgan fingerprint density at radius 2 is 2.31 bits per heavy atom. The minimum Gasteiger partial charge on any atom is -0.480 e. The maximum Gasteiger partial charge on any atom is 0.320 e. The van der Waals surface area contributed by atoms with Gasteiger partial charge in [-0.05, 0) is 24.5 Å². The third kappa shape index (κ3) is 2.17. The van der Waals surface area contributed by atoms with Crippen molar-refractivity contribution < 1.29 is 9.90 Å². The Balaban J connectivity index is 1.96. The van der Waals surface area contributed by atoms with Gasteiger partial charge in [-0.25, -0.2) is 0 Å².